The fourth-order valence-corrected chi connectivity index (χ4v) is 3.71. The van der Waals surface area contributed by atoms with Crippen molar-refractivity contribution in [2.24, 2.45) is 0 Å². The van der Waals surface area contributed by atoms with E-state index < -0.39 is 0 Å². The maximum absolute atomic E-state index is 5.96. The molecule has 1 heterocycles. The third kappa shape index (κ3) is 3.03. The Labute approximate surface area is 142 Å². The number of hydrogen-bond acceptors (Lipinski definition) is 2. The second-order valence-corrected chi connectivity index (χ2v) is 6.95. The molecule has 21 heavy (non-hydrogen) atoms. The van der Waals surface area contributed by atoms with Gasteiger partial charge in [0.15, 0.2) is 0 Å². The van der Waals surface area contributed by atoms with E-state index in [1.165, 1.54) is 16.7 Å². The Morgan fingerprint density at radius 3 is 2.81 bits per heavy atom. The molecule has 0 aliphatic carbocycles. The molecule has 0 spiro atoms. The Balaban J connectivity index is 2.10. The van der Waals surface area contributed by atoms with Gasteiger partial charge in [-0.25, -0.2) is 0 Å². The number of rotatable bonds is 3. The Morgan fingerprint density at radius 2 is 2.00 bits per heavy atom. The SMILES string of the molecule is CNC(c1cc(Br)ccc1Br)c1cccc2c1OCCC2. The average Bonchev–Trinajstić information content (AvgIpc) is 2.51. The molecule has 2 nitrogen and oxygen atoms in total. The van der Waals surface area contributed by atoms with E-state index in [4.69, 9.17) is 4.74 Å². The van der Waals surface area contributed by atoms with Crippen molar-refractivity contribution in [3.8, 4) is 5.75 Å². The molecular weight excluding hydrogens is 394 g/mol. The molecule has 0 fully saturated rings. The predicted molar refractivity (Wildman–Crippen MR) is 93.0 cm³/mol. The molecule has 0 bridgehead atoms. The lowest BCUT2D eigenvalue weighted by Gasteiger charge is -2.26. The highest BCUT2D eigenvalue weighted by atomic mass is 79.9. The summed E-state index contributed by atoms with van der Waals surface area (Å²) < 4.78 is 8.13. The predicted octanol–water partition coefficient (Wildman–Crippen LogP) is 4.85. The van der Waals surface area contributed by atoms with Crippen LogP contribution in [0.3, 0.4) is 0 Å². The third-order valence-electron chi connectivity index (χ3n) is 3.83. The summed E-state index contributed by atoms with van der Waals surface area (Å²) in [7, 11) is 1.99. The van der Waals surface area contributed by atoms with Crippen LogP contribution in [0, 0.1) is 0 Å². The van der Waals surface area contributed by atoms with Crippen molar-refractivity contribution in [1.82, 2.24) is 5.32 Å². The van der Waals surface area contributed by atoms with Crippen molar-refractivity contribution in [2.45, 2.75) is 18.9 Å². The Bertz CT molecular complexity index is 657. The Kier molecular flexibility index (Phi) is 4.67. The molecule has 1 unspecified atom stereocenters. The van der Waals surface area contributed by atoms with Gasteiger partial charge in [0.05, 0.1) is 12.6 Å². The van der Waals surface area contributed by atoms with Crippen LogP contribution in [0.5, 0.6) is 5.75 Å². The van der Waals surface area contributed by atoms with E-state index in [1.54, 1.807) is 0 Å². The minimum absolute atomic E-state index is 0.102. The van der Waals surface area contributed by atoms with Crippen molar-refractivity contribution < 1.29 is 4.74 Å². The van der Waals surface area contributed by atoms with Gasteiger partial charge in [0.1, 0.15) is 5.75 Å². The van der Waals surface area contributed by atoms with E-state index in [-0.39, 0.29) is 6.04 Å². The maximum atomic E-state index is 5.96. The Hall–Kier alpha value is -0.840. The highest BCUT2D eigenvalue weighted by Gasteiger charge is 2.22. The quantitative estimate of drug-likeness (QED) is 0.781. The van der Waals surface area contributed by atoms with Crippen LogP contribution >= 0.6 is 31.9 Å². The number of halogens is 2. The van der Waals surface area contributed by atoms with Gasteiger partial charge in [-0.3, -0.25) is 0 Å². The van der Waals surface area contributed by atoms with E-state index in [0.29, 0.717) is 0 Å². The van der Waals surface area contributed by atoms with Crippen LogP contribution in [-0.2, 0) is 6.42 Å². The van der Waals surface area contributed by atoms with E-state index >= 15 is 0 Å². The molecule has 1 atom stereocenters. The maximum Gasteiger partial charge on any atom is 0.127 e. The van der Waals surface area contributed by atoms with Gasteiger partial charge in [0.25, 0.3) is 0 Å². The first kappa shape index (κ1) is 15.1. The monoisotopic (exact) mass is 409 g/mol. The molecule has 110 valence electrons. The summed E-state index contributed by atoms with van der Waals surface area (Å²) in [6, 6.07) is 12.8. The van der Waals surface area contributed by atoms with Crippen LogP contribution in [0.25, 0.3) is 0 Å². The number of para-hydroxylation sites is 1. The molecule has 0 radical (unpaired) electrons. The number of benzene rings is 2. The summed E-state index contributed by atoms with van der Waals surface area (Å²) in [5.41, 5.74) is 3.72. The van der Waals surface area contributed by atoms with Gasteiger partial charge in [-0.2, -0.15) is 0 Å². The summed E-state index contributed by atoms with van der Waals surface area (Å²) in [5, 5.41) is 3.42. The third-order valence-corrected chi connectivity index (χ3v) is 5.05. The van der Waals surface area contributed by atoms with Crippen molar-refractivity contribution in [2.75, 3.05) is 13.7 Å². The zero-order chi connectivity index (χ0) is 14.8. The van der Waals surface area contributed by atoms with Gasteiger partial charge in [-0.1, -0.05) is 50.1 Å². The van der Waals surface area contributed by atoms with E-state index in [2.05, 4.69) is 67.5 Å². The minimum atomic E-state index is 0.102. The summed E-state index contributed by atoms with van der Waals surface area (Å²) >= 11 is 7.22. The molecule has 0 amide bonds. The zero-order valence-electron chi connectivity index (χ0n) is 11.8. The highest BCUT2D eigenvalue weighted by Crippen LogP contribution is 2.38. The van der Waals surface area contributed by atoms with Crippen LogP contribution < -0.4 is 10.1 Å². The second-order valence-electron chi connectivity index (χ2n) is 5.18. The lowest BCUT2D eigenvalue weighted by molar-refractivity contribution is 0.283. The highest BCUT2D eigenvalue weighted by molar-refractivity contribution is 9.11. The van der Waals surface area contributed by atoms with Crippen molar-refractivity contribution >= 4 is 31.9 Å². The number of nitrogens with one attached hydrogen (secondary N) is 1. The van der Waals surface area contributed by atoms with Gasteiger partial charge < -0.3 is 10.1 Å². The van der Waals surface area contributed by atoms with Gasteiger partial charge in [0, 0.05) is 14.5 Å². The molecule has 0 saturated carbocycles. The molecule has 1 aliphatic heterocycles. The molecule has 4 heteroatoms. The summed E-state index contributed by atoms with van der Waals surface area (Å²) in [5.74, 6) is 1.05. The lowest BCUT2D eigenvalue weighted by Crippen LogP contribution is -2.21. The molecular formula is C17H17Br2NO. The molecule has 2 aromatic carbocycles. The van der Waals surface area contributed by atoms with Crippen LogP contribution in [0.1, 0.15) is 29.2 Å². The summed E-state index contributed by atoms with van der Waals surface area (Å²) in [6.07, 6.45) is 2.19. The van der Waals surface area contributed by atoms with Gasteiger partial charge in [-0.05, 0) is 49.2 Å². The van der Waals surface area contributed by atoms with Crippen LogP contribution in [-0.4, -0.2) is 13.7 Å². The van der Waals surface area contributed by atoms with Gasteiger partial charge in [0.2, 0.25) is 0 Å². The normalized spacial score (nSPS) is 15.2. The fourth-order valence-electron chi connectivity index (χ4n) is 2.86. The number of aryl methyl sites for hydroxylation is 1. The summed E-state index contributed by atoms with van der Waals surface area (Å²) in [4.78, 5) is 0. The zero-order valence-corrected chi connectivity index (χ0v) is 15.0. The van der Waals surface area contributed by atoms with Gasteiger partial charge >= 0.3 is 0 Å². The smallest absolute Gasteiger partial charge is 0.127 e. The van der Waals surface area contributed by atoms with E-state index in [0.717, 1.165) is 34.1 Å². The standard InChI is InChI=1S/C17H17Br2NO/c1-20-16(14-10-12(18)7-8-15(14)19)13-6-2-4-11-5-3-9-21-17(11)13/h2,4,6-8,10,16,20H,3,5,9H2,1H3. The Morgan fingerprint density at radius 1 is 1.14 bits per heavy atom. The molecule has 0 aromatic heterocycles. The second kappa shape index (κ2) is 6.51. The van der Waals surface area contributed by atoms with Crippen LogP contribution in [0.15, 0.2) is 45.3 Å². The topological polar surface area (TPSA) is 21.3 Å². The van der Waals surface area contributed by atoms with E-state index in [9.17, 15) is 0 Å². The first-order valence-corrected chi connectivity index (χ1v) is 8.66. The average molecular weight is 411 g/mol. The van der Waals surface area contributed by atoms with Crippen molar-refractivity contribution in [3.63, 3.8) is 0 Å². The first-order chi connectivity index (χ1) is 10.2. The lowest BCUT2D eigenvalue weighted by atomic mass is 9.94. The number of fused-ring (bicyclic) bond motifs is 1. The number of ether oxygens (including phenoxy) is 1. The largest absolute Gasteiger partial charge is 0.493 e. The minimum Gasteiger partial charge on any atom is -0.493 e. The molecule has 1 N–H and O–H groups in total. The van der Waals surface area contributed by atoms with Gasteiger partial charge in [-0.15, -0.1) is 0 Å². The molecule has 2 aromatic rings. The first-order valence-electron chi connectivity index (χ1n) is 7.07. The van der Waals surface area contributed by atoms with Crippen molar-refractivity contribution in [3.05, 3.63) is 62.0 Å². The number of hydrogen-bond donors (Lipinski definition) is 1. The van der Waals surface area contributed by atoms with Crippen molar-refractivity contribution in [1.29, 1.82) is 0 Å². The van der Waals surface area contributed by atoms with Crippen LogP contribution in [0.4, 0.5) is 0 Å². The molecule has 3 rings (SSSR count). The molecule has 0 saturated heterocycles. The van der Waals surface area contributed by atoms with Crippen LogP contribution in [0.2, 0.25) is 0 Å². The van der Waals surface area contributed by atoms with E-state index in [1.807, 2.05) is 13.1 Å². The molecule has 1 aliphatic rings. The fraction of sp³-hybridized carbons (Fsp3) is 0.294. The summed E-state index contributed by atoms with van der Waals surface area (Å²) in [6.45, 7) is 0.806.